The molecule has 0 atom stereocenters. The van der Waals surface area contributed by atoms with E-state index in [1.54, 1.807) is 0 Å². The summed E-state index contributed by atoms with van der Waals surface area (Å²) in [6.45, 7) is 2.92. The van der Waals surface area contributed by atoms with E-state index in [1.807, 2.05) is 13.8 Å². The molecule has 0 saturated carbocycles. The van der Waals surface area contributed by atoms with Crippen molar-refractivity contribution in [2.45, 2.75) is 26.8 Å². The number of carbonyl (C=O) groups excluding carboxylic acids is 1. The lowest BCUT2D eigenvalue weighted by atomic mass is 10.2. The first-order valence-electron chi connectivity index (χ1n) is 6.25. The molecule has 1 aromatic heterocycles. The maximum absolute atomic E-state index is 12.4. The molecule has 112 valence electrons. The van der Waals surface area contributed by atoms with Crippen molar-refractivity contribution in [2.75, 3.05) is 13.1 Å². The van der Waals surface area contributed by atoms with E-state index in [4.69, 9.17) is 5.11 Å². The maximum Gasteiger partial charge on any atom is 0.323 e. The van der Waals surface area contributed by atoms with Crippen LogP contribution in [0.1, 0.15) is 24.3 Å². The van der Waals surface area contributed by atoms with E-state index in [0.29, 0.717) is 0 Å². The SMILES string of the molecule is CC(C)CN(CC(=O)O)C(=O)c1cccn1CC(F)F. The number of carboxylic acids is 1. The van der Waals surface area contributed by atoms with Gasteiger partial charge >= 0.3 is 5.97 Å². The molecule has 0 aromatic carbocycles. The van der Waals surface area contributed by atoms with Crippen LogP contribution in [0, 0.1) is 5.92 Å². The Balaban J connectivity index is 2.93. The number of hydrogen-bond donors (Lipinski definition) is 1. The molecule has 20 heavy (non-hydrogen) atoms. The lowest BCUT2D eigenvalue weighted by Crippen LogP contribution is -2.39. The van der Waals surface area contributed by atoms with E-state index in [-0.39, 0.29) is 18.2 Å². The predicted molar refractivity (Wildman–Crippen MR) is 68.8 cm³/mol. The van der Waals surface area contributed by atoms with Crippen molar-refractivity contribution in [1.29, 1.82) is 0 Å². The first-order chi connectivity index (χ1) is 9.31. The number of halogens is 2. The molecule has 0 saturated heterocycles. The second-order valence-corrected chi connectivity index (χ2v) is 4.91. The van der Waals surface area contributed by atoms with Gasteiger partial charge in [0.15, 0.2) is 0 Å². The Morgan fingerprint density at radius 3 is 2.55 bits per heavy atom. The van der Waals surface area contributed by atoms with Crippen molar-refractivity contribution in [3.63, 3.8) is 0 Å². The van der Waals surface area contributed by atoms with Gasteiger partial charge in [0.2, 0.25) is 0 Å². The van der Waals surface area contributed by atoms with Crippen LogP contribution >= 0.6 is 0 Å². The fourth-order valence-electron chi connectivity index (χ4n) is 1.90. The van der Waals surface area contributed by atoms with Gasteiger partial charge in [-0.05, 0) is 18.1 Å². The summed E-state index contributed by atoms with van der Waals surface area (Å²) >= 11 is 0. The smallest absolute Gasteiger partial charge is 0.323 e. The van der Waals surface area contributed by atoms with Gasteiger partial charge in [-0.25, -0.2) is 8.78 Å². The molecule has 1 aromatic rings. The predicted octanol–water partition coefficient (Wildman–Crippen LogP) is 1.94. The van der Waals surface area contributed by atoms with Gasteiger partial charge in [-0.15, -0.1) is 0 Å². The Morgan fingerprint density at radius 2 is 2.05 bits per heavy atom. The zero-order valence-electron chi connectivity index (χ0n) is 11.4. The number of rotatable bonds is 7. The number of alkyl halides is 2. The third-order valence-electron chi connectivity index (χ3n) is 2.58. The second-order valence-electron chi connectivity index (χ2n) is 4.91. The average molecular weight is 288 g/mol. The highest BCUT2D eigenvalue weighted by Crippen LogP contribution is 2.11. The quantitative estimate of drug-likeness (QED) is 0.834. The minimum atomic E-state index is -2.58. The Kier molecular flexibility index (Phi) is 5.66. The number of hydrogen-bond acceptors (Lipinski definition) is 2. The van der Waals surface area contributed by atoms with Crippen molar-refractivity contribution >= 4 is 11.9 Å². The van der Waals surface area contributed by atoms with Crippen molar-refractivity contribution in [1.82, 2.24) is 9.47 Å². The van der Waals surface area contributed by atoms with Gasteiger partial charge in [-0.1, -0.05) is 13.8 Å². The van der Waals surface area contributed by atoms with Crippen molar-refractivity contribution in [3.8, 4) is 0 Å². The highest BCUT2D eigenvalue weighted by molar-refractivity contribution is 5.94. The molecular weight excluding hydrogens is 270 g/mol. The zero-order valence-corrected chi connectivity index (χ0v) is 11.4. The molecule has 1 heterocycles. The molecule has 0 fully saturated rings. The summed E-state index contributed by atoms with van der Waals surface area (Å²) in [6, 6.07) is 2.91. The fourth-order valence-corrected chi connectivity index (χ4v) is 1.90. The Bertz CT molecular complexity index is 472. The maximum atomic E-state index is 12.4. The van der Waals surface area contributed by atoms with Gasteiger partial charge in [0.1, 0.15) is 12.2 Å². The largest absolute Gasteiger partial charge is 0.480 e. The molecule has 0 aliphatic heterocycles. The molecule has 5 nitrogen and oxygen atoms in total. The molecule has 0 unspecified atom stereocenters. The minimum absolute atomic E-state index is 0.0761. The zero-order chi connectivity index (χ0) is 15.3. The van der Waals surface area contributed by atoms with E-state index in [2.05, 4.69) is 0 Å². The van der Waals surface area contributed by atoms with Gasteiger partial charge in [0.05, 0.1) is 6.54 Å². The van der Waals surface area contributed by atoms with E-state index in [9.17, 15) is 18.4 Å². The first-order valence-corrected chi connectivity index (χ1v) is 6.25. The summed E-state index contributed by atoms with van der Waals surface area (Å²) in [7, 11) is 0. The third kappa shape index (κ3) is 4.64. The van der Waals surface area contributed by atoms with Crippen LogP contribution in [0.4, 0.5) is 8.78 Å². The number of aromatic nitrogens is 1. The summed E-state index contributed by atoms with van der Waals surface area (Å²) in [5, 5.41) is 8.84. The molecule has 0 radical (unpaired) electrons. The summed E-state index contributed by atoms with van der Waals surface area (Å²) in [5.41, 5.74) is 0.0761. The fraction of sp³-hybridized carbons (Fsp3) is 0.538. The Labute approximate surface area is 115 Å². The molecule has 1 N–H and O–H groups in total. The van der Waals surface area contributed by atoms with Crippen molar-refractivity contribution < 1.29 is 23.5 Å². The van der Waals surface area contributed by atoms with E-state index < -0.39 is 31.4 Å². The highest BCUT2D eigenvalue weighted by atomic mass is 19.3. The Morgan fingerprint density at radius 1 is 1.40 bits per heavy atom. The van der Waals surface area contributed by atoms with E-state index >= 15 is 0 Å². The number of amides is 1. The number of carboxylic acid groups (broad SMARTS) is 1. The van der Waals surface area contributed by atoms with Gasteiger partial charge in [-0.2, -0.15) is 0 Å². The summed E-state index contributed by atoms with van der Waals surface area (Å²) < 4.78 is 26.0. The number of nitrogens with zero attached hydrogens (tertiary/aromatic N) is 2. The molecule has 0 spiro atoms. The van der Waals surface area contributed by atoms with Gasteiger partial charge in [-0.3, -0.25) is 9.59 Å². The molecule has 0 bridgehead atoms. The summed E-state index contributed by atoms with van der Waals surface area (Å²) in [4.78, 5) is 24.2. The minimum Gasteiger partial charge on any atom is -0.480 e. The highest BCUT2D eigenvalue weighted by Gasteiger charge is 2.22. The molecular formula is C13H18F2N2O3. The van der Waals surface area contributed by atoms with Crippen LogP contribution in [0.15, 0.2) is 18.3 Å². The molecule has 1 amide bonds. The normalized spacial score (nSPS) is 11.1. The lowest BCUT2D eigenvalue weighted by Gasteiger charge is -2.23. The van der Waals surface area contributed by atoms with Gasteiger partial charge in [0, 0.05) is 12.7 Å². The second kappa shape index (κ2) is 7.02. The monoisotopic (exact) mass is 288 g/mol. The topological polar surface area (TPSA) is 62.5 Å². The first kappa shape index (κ1) is 16.1. The third-order valence-corrected chi connectivity index (χ3v) is 2.58. The molecule has 0 aliphatic carbocycles. The van der Waals surface area contributed by atoms with E-state index in [1.165, 1.54) is 18.3 Å². The molecule has 0 aliphatic rings. The lowest BCUT2D eigenvalue weighted by molar-refractivity contribution is -0.137. The van der Waals surface area contributed by atoms with E-state index in [0.717, 1.165) is 9.47 Å². The van der Waals surface area contributed by atoms with Crippen LogP contribution < -0.4 is 0 Å². The van der Waals surface area contributed by atoms with Crippen LogP contribution in [-0.4, -0.2) is 46.0 Å². The van der Waals surface area contributed by atoms with Crippen molar-refractivity contribution in [3.05, 3.63) is 24.0 Å². The Hall–Kier alpha value is -1.92. The van der Waals surface area contributed by atoms with Crippen LogP contribution in [0.25, 0.3) is 0 Å². The van der Waals surface area contributed by atoms with Crippen LogP contribution in [0.3, 0.4) is 0 Å². The van der Waals surface area contributed by atoms with Crippen LogP contribution in [0.5, 0.6) is 0 Å². The molecule has 7 heteroatoms. The van der Waals surface area contributed by atoms with Gasteiger partial charge in [0.25, 0.3) is 12.3 Å². The van der Waals surface area contributed by atoms with Crippen LogP contribution in [0.2, 0.25) is 0 Å². The average Bonchev–Trinajstić information content (AvgIpc) is 2.73. The number of aliphatic carboxylic acids is 1. The standard InChI is InChI=1S/C13H18F2N2O3/c1-9(2)6-17(8-12(18)19)13(20)10-4-3-5-16(10)7-11(14)15/h3-5,9,11H,6-8H2,1-2H3,(H,18,19). The summed E-state index contributed by atoms with van der Waals surface area (Å²) in [6.07, 6.45) is -1.19. The van der Waals surface area contributed by atoms with Crippen LogP contribution in [-0.2, 0) is 11.3 Å². The number of carbonyl (C=O) groups is 2. The van der Waals surface area contributed by atoms with Crippen molar-refractivity contribution in [2.24, 2.45) is 5.92 Å². The van der Waals surface area contributed by atoms with Gasteiger partial charge < -0.3 is 14.6 Å². The molecule has 1 rings (SSSR count). The summed E-state index contributed by atoms with van der Waals surface area (Å²) in [5.74, 6) is -1.60.